The maximum Gasteiger partial charge on any atom is 0.373 e. The van der Waals surface area contributed by atoms with E-state index in [4.69, 9.17) is 9.52 Å². The minimum Gasteiger partial charge on any atom is -0.475 e. The van der Waals surface area contributed by atoms with E-state index in [1.807, 2.05) is 37.3 Å². The molecule has 2 aromatic rings. The Hall–Kier alpha value is -2.10. The number of hydrogen-bond acceptors (Lipinski definition) is 3. The standard InChI is InChI=1S/C13H13NO3/c1-2-6-10-11(13(15)16)17-12(14-10)9-7-4-3-5-8-9/h3-5,7-8H,2,6H2,1H3,(H,15,16). The van der Waals surface area contributed by atoms with E-state index in [0.717, 1.165) is 12.0 Å². The van der Waals surface area contributed by atoms with Crippen molar-refractivity contribution in [3.05, 3.63) is 41.8 Å². The quantitative estimate of drug-likeness (QED) is 0.878. The molecule has 4 nitrogen and oxygen atoms in total. The van der Waals surface area contributed by atoms with Crippen LogP contribution in [0, 0.1) is 0 Å². The summed E-state index contributed by atoms with van der Waals surface area (Å²) in [4.78, 5) is 15.3. The van der Waals surface area contributed by atoms with Crippen LogP contribution in [0.15, 0.2) is 34.7 Å². The number of carboxylic acid groups (broad SMARTS) is 1. The number of hydrogen-bond donors (Lipinski definition) is 1. The Labute approximate surface area is 98.9 Å². The van der Waals surface area contributed by atoms with E-state index in [1.54, 1.807) is 0 Å². The molecule has 0 fully saturated rings. The second-order valence-electron chi connectivity index (χ2n) is 3.72. The van der Waals surface area contributed by atoms with Crippen molar-refractivity contribution in [2.45, 2.75) is 19.8 Å². The van der Waals surface area contributed by atoms with E-state index < -0.39 is 5.97 Å². The first kappa shape index (κ1) is 11.4. The second-order valence-corrected chi connectivity index (χ2v) is 3.72. The number of oxazole rings is 1. The Kier molecular flexibility index (Phi) is 3.23. The molecule has 0 aliphatic carbocycles. The van der Waals surface area contributed by atoms with E-state index in [1.165, 1.54) is 0 Å². The first-order chi connectivity index (χ1) is 8.22. The molecule has 1 N–H and O–H groups in total. The number of aryl methyl sites for hydroxylation is 1. The van der Waals surface area contributed by atoms with E-state index >= 15 is 0 Å². The van der Waals surface area contributed by atoms with Crippen molar-refractivity contribution in [3.8, 4) is 11.5 Å². The molecule has 0 bridgehead atoms. The predicted molar refractivity (Wildman–Crippen MR) is 62.9 cm³/mol. The Morgan fingerprint density at radius 2 is 2.06 bits per heavy atom. The molecule has 1 aromatic carbocycles. The van der Waals surface area contributed by atoms with Gasteiger partial charge in [-0.2, -0.15) is 0 Å². The highest BCUT2D eigenvalue weighted by atomic mass is 16.4. The lowest BCUT2D eigenvalue weighted by atomic mass is 10.2. The Morgan fingerprint density at radius 3 is 2.65 bits per heavy atom. The molecule has 0 atom stereocenters. The third kappa shape index (κ3) is 2.36. The summed E-state index contributed by atoms with van der Waals surface area (Å²) in [6, 6.07) is 9.29. The van der Waals surface area contributed by atoms with Crippen molar-refractivity contribution in [1.29, 1.82) is 0 Å². The molecule has 0 radical (unpaired) electrons. The fourth-order valence-corrected chi connectivity index (χ4v) is 1.63. The number of aromatic nitrogens is 1. The van der Waals surface area contributed by atoms with Gasteiger partial charge in [0.15, 0.2) is 0 Å². The lowest BCUT2D eigenvalue weighted by molar-refractivity contribution is 0.0661. The number of nitrogens with zero attached hydrogens (tertiary/aromatic N) is 1. The predicted octanol–water partition coefficient (Wildman–Crippen LogP) is 2.99. The van der Waals surface area contributed by atoms with Crippen molar-refractivity contribution < 1.29 is 14.3 Å². The van der Waals surface area contributed by atoms with Gasteiger partial charge in [0.2, 0.25) is 11.7 Å². The average Bonchev–Trinajstić information content (AvgIpc) is 2.75. The van der Waals surface area contributed by atoms with Crippen molar-refractivity contribution in [2.24, 2.45) is 0 Å². The first-order valence-electron chi connectivity index (χ1n) is 5.50. The molecule has 0 aliphatic rings. The summed E-state index contributed by atoms with van der Waals surface area (Å²) < 4.78 is 5.30. The zero-order valence-corrected chi connectivity index (χ0v) is 9.51. The summed E-state index contributed by atoms with van der Waals surface area (Å²) in [5.41, 5.74) is 1.30. The highest BCUT2D eigenvalue weighted by Gasteiger charge is 2.19. The lowest BCUT2D eigenvalue weighted by Gasteiger charge is -1.92. The molecule has 2 rings (SSSR count). The number of aromatic carboxylic acids is 1. The van der Waals surface area contributed by atoms with E-state index in [9.17, 15) is 4.79 Å². The van der Waals surface area contributed by atoms with Gasteiger partial charge in [0.25, 0.3) is 0 Å². The van der Waals surface area contributed by atoms with Crippen molar-refractivity contribution in [2.75, 3.05) is 0 Å². The second kappa shape index (κ2) is 4.82. The summed E-state index contributed by atoms with van der Waals surface area (Å²) >= 11 is 0. The molecule has 0 amide bonds. The Bertz CT molecular complexity index is 517. The van der Waals surface area contributed by atoms with Gasteiger partial charge < -0.3 is 9.52 Å². The van der Waals surface area contributed by atoms with Gasteiger partial charge in [0, 0.05) is 5.56 Å². The van der Waals surface area contributed by atoms with Gasteiger partial charge in [0.05, 0.1) is 5.69 Å². The largest absolute Gasteiger partial charge is 0.475 e. The Balaban J connectivity index is 2.44. The maximum absolute atomic E-state index is 11.0. The van der Waals surface area contributed by atoms with Crippen LogP contribution in [0.5, 0.6) is 0 Å². The van der Waals surface area contributed by atoms with Crippen molar-refractivity contribution in [1.82, 2.24) is 4.98 Å². The molecule has 0 saturated carbocycles. The molecule has 88 valence electrons. The van der Waals surface area contributed by atoms with Gasteiger partial charge in [-0.1, -0.05) is 31.5 Å². The molecule has 4 heteroatoms. The summed E-state index contributed by atoms with van der Waals surface area (Å²) in [6.07, 6.45) is 1.44. The van der Waals surface area contributed by atoms with Crippen molar-refractivity contribution >= 4 is 5.97 Å². The van der Waals surface area contributed by atoms with Crippen LogP contribution in [0.3, 0.4) is 0 Å². The fourth-order valence-electron chi connectivity index (χ4n) is 1.63. The Morgan fingerprint density at radius 1 is 1.35 bits per heavy atom. The fraction of sp³-hybridized carbons (Fsp3) is 0.231. The van der Waals surface area contributed by atoms with Crippen LogP contribution >= 0.6 is 0 Å². The van der Waals surface area contributed by atoms with E-state index in [0.29, 0.717) is 18.0 Å². The minimum atomic E-state index is -1.07. The minimum absolute atomic E-state index is 0.0503. The molecule has 1 heterocycles. The number of carboxylic acids is 1. The summed E-state index contributed by atoms with van der Waals surface area (Å²) in [5.74, 6) is -0.750. The van der Waals surface area contributed by atoms with Crippen LogP contribution in [0.1, 0.15) is 29.6 Å². The van der Waals surface area contributed by atoms with E-state index in [-0.39, 0.29) is 5.76 Å². The van der Waals surface area contributed by atoms with E-state index in [2.05, 4.69) is 4.98 Å². The van der Waals surface area contributed by atoms with Crippen LogP contribution in [0.4, 0.5) is 0 Å². The van der Waals surface area contributed by atoms with Crippen LogP contribution in [-0.4, -0.2) is 16.1 Å². The van der Waals surface area contributed by atoms with Gasteiger partial charge in [0.1, 0.15) is 0 Å². The van der Waals surface area contributed by atoms with Gasteiger partial charge in [-0.3, -0.25) is 0 Å². The number of rotatable bonds is 4. The zero-order chi connectivity index (χ0) is 12.3. The SMILES string of the molecule is CCCc1nc(-c2ccccc2)oc1C(=O)O. The summed E-state index contributed by atoms with van der Waals surface area (Å²) in [7, 11) is 0. The topological polar surface area (TPSA) is 63.3 Å². The smallest absolute Gasteiger partial charge is 0.373 e. The lowest BCUT2D eigenvalue weighted by Crippen LogP contribution is -1.99. The highest BCUT2D eigenvalue weighted by molar-refractivity contribution is 5.86. The van der Waals surface area contributed by atoms with Crippen LogP contribution in [-0.2, 0) is 6.42 Å². The molecule has 0 unspecified atom stereocenters. The van der Waals surface area contributed by atoms with Crippen molar-refractivity contribution in [3.63, 3.8) is 0 Å². The monoisotopic (exact) mass is 231 g/mol. The molecule has 1 aromatic heterocycles. The molecule has 0 spiro atoms. The van der Waals surface area contributed by atoms with Crippen LogP contribution in [0.25, 0.3) is 11.5 Å². The normalized spacial score (nSPS) is 10.4. The average molecular weight is 231 g/mol. The van der Waals surface area contributed by atoms with Crippen LogP contribution in [0.2, 0.25) is 0 Å². The summed E-state index contributed by atoms with van der Waals surface area (Å²) in [6.45, 7) is 1.97. The van der Waals surface area contributed by atoms with Gasteiger partial charge >= 0.3 is 5.97 Å². The summed E-state index contributed by atoms with van der Waals surface area (Å²) in [5, 5.41) is 9.02. The third-order valence-corrected chi connectivity index (χ3v) is 2.40. The molecule has 0 aliphatic heterocycles. The van der Waals surface area contributed by atoms with Gasteiger partial charge in [-0.05, 0) is 18.6 Å². The zero-order valence-electron chi connectivity index (χ0n) is 9.51. The number of carbonyl (C=O) groups is 1. The molecular formula is C13H13NO3. The molecule has 17 heavy (non-hydrogen) atoms. The highest BCUT2D eigenvalue weighted by Crippen LogP contribution is 2.22. The van der Waals surface area contributed by atoms with Gasteiger partial charge in [-0.25, -0.2) is 9.78 Å². The van der Waals surface area contributed by atoms with Crippen LogP contribution < -0.4 is 0 Å². The van der Waals surface area contributed by atoms with Gasteiger partial charge in [-0.15, -0.1) is 0 Å². The number of benzene rings is 1. The maximum atomic E-state index is 11.0. The molecular weight excluding hydrogens is 218 g/mol. The third-order valence-electron chi connectivity index (χ3n) is 2.40. The molecule has 0 saturated heterocycles. The first-order valence-corrected chi connectivity index (χ1v) is 5.50.